The van der Waals surface area contributed by atoms with E-state index in [1.165, 1.54) is 19.3 Å². The molecular weight excluding hydrogens is 272 g/mol. The zero-order valence-electron chi connectivity index (χ0n) is 12.2. The summed E-state index contributed by atoms with van der Waals surface area (Å²) in [6.45, 7) is 5.15. The van der Waals surface area contributed by atoms with E-state index in [0.29, 0.717) is 12.0 Å². The molecule has 1 unspecified atom stereocenters. The Morgan fingerprint density at radius 1 is 1.40 bits per heavy atom. The van der Waals surface area contributed by atoms with Gasteiger partial charge in [0.15, 0.2) is 5.13 Å². The minimum atomic E-state index is 0.132. The highest BCUT2D eigenvalue weighted by Gasteiger charge is 2.31. The molecule has 3 rings (SSSR count). The van der Waals surface area contributed by atoms with Crippen LogP contribution in [0, 0.1) is 0 Å². The molecule has 1 saturated heterocycles. The first-order chi connectivity index (χ1) is 9.81. The van der Waals surface area contributed by atoms with Crippen LogP contribution in [0.25, 0.3) is 0 Å². The number of rotatable bonds is 6. The lowest BCUT2D eigenvalue weighted by atomic mass is 10.1. The van der Waals surface area contributed by atoms with Crippen molar-refractivity contribution >= 4 is 16.5 Å². The second-order valence-corrected chi connectivity index (χ2v) is 6.88. The second kappa shape index (κ2) is 6.41. The van der Waals surface area contributed by atoms with Crippen LogP contribution in [0.5, 0.6) is 0 Å². The third-order valence-corrected chi connectivity index (χ3v) is 5.15. The number of ether oxygens (including phenoxy) is 1. The van der Waals surface area contributed by atoms with Crippen LogP contribution >= 0.6 is 11.3 Å². The molecule has 4 nitrogen and oxygen atoms in total. The van der Waals surface area contributed by atoms with Crippen LogP contribution in [0.2, 0.25) is 0 Å². The van der Waals surface area contributed by atoms with Crippen molar-refractivity contribution in [3.63, 3.8) is 0 Å². The molecule has 0 bridgehead atoms. The summed E-state index contributed by atoms with van der Waals surface area (Å²) < 4.78 is 5.89. The number of hydrogen-bond donors (Lipinski definition) is 1. The highest BCUT2D eigenvalue weighted by molar-refractivity contribution is 7.15. The van der Waals surface area contributed by atoms with Crippen molar-refractivity contribution in [1.29, 1.82) is 0 Å². The molecule has 2 heterocycles. The van der Waals surface area contributed by atoms with E-state index in [4.69, 9.17) is 9.72 Å². The lowest BCUT2D eigenvalue weighted by Gasteiger charge is -2.32. The summed E-state index contributed by atoms with van der Waals surface area (Å²) in [5.41, 5.74) is 1.16. The zero-order chi connectivity index (χ0) is 13.9. The molecule has 1 aromatic rings. The van der Waals surface area contributed by atoms with Crippen molar-refractivity contribution in [3.05, 3.63) is 10.6 Å². The molecule has 1 aliphatic heterocycles. The molecule has 2 aliphatic rings. The van der Waals surface area contributed by atoms with Gasteiger partial charge in [0.2, 0.25) is 0 Å². The molecule has 20 heavy (non-hydrogen) atoms. The van der Waals surface area contributed by atoms with Crippen molar-refractivity contribution in [3.8, 4) is 0 Å². The molecule has 5 heteroatoms. The SMILES string of the molecule is CCCOC1CCCN(c2nc(C3CC3)c(CO)s2)C1. The van der Waals surface area contributed by atoms with Crippen molar-refractivity contribution in [2.45, 2.75) is 57.7 Å². The number of aliphatic hydroxyl groups is 1. The van der Waals surface area contributed by atoms with Gasteiger partial charge in [-0.05, 0) is 32.1 Å². The highest BCUT2D eigenvalue weighted by Crippen LogP contribution is 2.44. The number of piperidine rings is 1. The number of aromatic nitrogens is 1. The number of hydrogen-bond acceptors (Lipinski definition) is 5. The largest absolute Gasteiger partial charge is 0.391 e. The molecule has 2 fully saturated rings. The Hall–Kier alpha value is -0.650. The molecule has 1 aliphatic carbocycles. The predicted molar refractivity (Wildman–Crippen MR) is 81.5 cm³/mol. The molecule has 1 aromatic heterocycles. The third kappa shape index (κ3) is 3.15. The maximum atomic E-state index is 9.50. The molecule has 112 valence electrons. The minimum absolute atomic E-state index is 0.132. The van der Waals surface area contributed by atoms with Gasteiger partial charge < -0.3 is 14.7 Å². The number of aliphatic hydroxyl groups excluding tert-OH is 1. The standard InChI is InChI=1S/C15H24N2O2S/c1-2-8-19-12-4-3-7-17(9-12)15-16-14(11-5-6-11)13(10-18)20-15/h11-12,18H,2-10H2,1H3. The van der Waals surface area contributed by atoms with Crippen LogP contribution in [0.1, 0.15) is 55.5 Å². The average Bonchev–Trinajstić information content (AvgIpc) is 3.24. The van der Waals surface area contributed by atoms with Crippen molar-refractivity contribution in [2.75, 3.05) is 24.6 Å². The lowest BCUT2D eigenvalue weighted by Crippen LogP contribution is -2.39. The van der Waals surface area contributed by atoms with Gasteiger partial charge in [0.05, 0.1) is 23.3 Å². The van der Waals surface area contributed by atoms with E-state index in [-0.39, 0.29) is 6.61 Å². The molecule has 0 spiro atoms. The topological polar surface area (TPSA) is 45.6 Å². The normalized spacial score (nSPS) is 23.3. The summed E-state index contributed by atoms with van der Waals surface area (Å²) in [6, 6.07) is 0. The second-order valence-electron chi connectivity index (χ2n) is 5.82. The molecule has 0 aromatic carbocycles. The number of thiazole rings is 1. The monoisotopic (exact) mass is 296 g/mol. The Morgan fingerprint density at radius 2 is 2.25 bits per heavy atom. The van der Waals surface area contributed by atoms with Crippen LogP contribution in [-0.2, 0) is 11.3 Å². The summed E-state index contributed by atoms with van der Waals surface area (Å²) in [6.07, 6.45) is 6.21. The molecule has 1 N–H and O–H groups in total. The van der Waals surface area contributed by atoms with Crippen molar-refractivity contribution < 1.29 is 9.84 Å². The Labute approximate surface area is 124 Å². The molecule has 1 atom stereocenters. The van der Waals surface area contributed by atoms with Crippen LogP contribution in [0.3, 0.4) is 0 Å². The summed E-state index contributed by atoms with van der Waals surface area (Å²) in [5, 5.41) is 10.6. The van der Waals surface area contributed by atoms with Crippen LogP contribution in [0.4, 0.5) is 5.13 Å². The minimum Gasteiger partial charge on any atom is -0.391 e. The maximum Gasteiger partial charge on any atom is 0.185 e. The number of anilines is 1. The first-order valence-electron chi connectivity index (χ1n) is 7.78. The van der Waals surface area contributed by atoms with E-state index in [2.05, 4.69) is 11.8 Å². The fourth-order valence-electron chi connectivity index (χ4n) is 2.81. The average molecular weight is 296 g/mol. The van der Waals surface area contributed by atoms with E-state index in [9.17, 15) is 5.11 Å². The molecule has 0 amide bonds. The summed E-state index contributed by atoms with van der Waals surface area (Å²) in [7, 11) is 0. The van der Waals surface area contributed by atoms with Gasteiger partial charge in [0.1, 0.15) is 0 Å². The fourth-order valence-corrected chi connectivity index (χ4v) is 3.85. The smallest absolute Gasteiger partial charge is 0.185 e. The Balaban J connectivity index is 1.68. The van der Waals surface area contributed by atoms with Gasteiger partial charge in [-0.2, -0.15) is 0 Å². The van der Waals surface area contributed by atoms with Gasteiger partial charge in [0, 0.05) is 25.6 Å². The molecule has 1 saturated carbocycles. The Bertz CT molecular complexity index is 445. The molecule has 0 radical (unpaired) electrons. The van der Waals surface area contributed by atoms with Gasteiger partial charge in [-0.3, -0.25) is 0 Å². The fraction of sp³-hybridized carbons (Fsp3) is 0.800. The lowest BCUT2D eigenvalue weighted by molar-refractivity contribution is 0.0440. The first-order valence-corrected chi connectivity index (χ1v) is 8.60. The van der Waals surface area contributed by atoms with E-state index in [1.807, 2.05) is 0 Å². The zero-order valence-corrected chi connectivity index (χ0v) is 13.0. The van der Waals surface area contributed by atoms with Crippen molar-refractivity contribution in [1.82, 2.24) is 4.98 Å². The van der Waals surface area contributed by atoms with E-state index < -0.39 is 0 Å². The Morgan fingerprint density at radius 3 is 2.95 bits per heavy atom. The van der Waals surface area contributed by atoms with E-state index in [0.717, 1.165) is 48.2 Å². The number of nitrogens with zero attached hydrogens (tertiary/aromatic N) is 2. The molecular formula is C15H24N2O2S. The van der Waals surface area contributed by atoms with Crippen molar-refractivity contribution in [2.24, 2.45) is 0 Å². The Kier molecular flexibility index (Phi) is 4.58. The predicted octanol–water partition coefficient (Wildman–Crippen LogP) is 2.91. The van der Waals surface area contributed by atoms with Crippen LogP contribution < -0.4 is 4.90 Å². The van der Waals surface area contributed by atoms with Crippen LogP contribution in [-0.4, -0.2) is 35.9 Å². The van der Waals surface area contributed by atoms with Gasteiger partial charge in [0.25, 0.3) is 0 Å². The van der Waals surface area contributed by atoms with Crippen LogP contribution in [0.15, 0.2) is 0 Å². The summed E-state index contributed by atoms with van der Waals surface area (Å²) in [5.74, 6) is 0.610. The van der Waals surface area contributed by atoms with Gasteiger partial charge in [-0.25, -0.2) is 4.98 Å². The van der Waals surface area contributed by atoms with E-state index in [1.54, 1.807) is 11.3 Å². The van der Waals surface area contributed by atoms with E-state index >= 15 is 0 Å². The quantitative estimate of drug-likeness (QED) is 0.877. The van der Waals surface area contributed by atoms with Gasteiger partial charge >= 0.3 is 0 Å². The summed E-state index contributed by atoms with van der Waals surface area (Å²) >= 11 is 1.67. The highest BCUT2D eigenvalue weighted by atomic mass is 32.1. The summed E-state index contributed by atoms with van der Waals surface area (Å²) in [4.78, 5) is 8.23. The van der Waals surface area contributed by atoms with Gasteiger partial charge in [-0.1, -0.05) is 18.3 Å². The third-order valence-electron chi connectivity index (χ3n) is 4.03. The maximum absolute atomic E-state index is 9.50. The van der Waals surface area contributed by atoms with Gasteiger partial charge in [-0.15, -0.1) is 0 Å². The first kappa shape index (κ1) is 14.3.